The summed E-state index contributed by atoms with van der Waals surface area (Å²) in [6, 6.07) is 7.38. The average molecular weight is 201 g/mol. The van der Waals surface area contributed by atoms with Gasteiger partial charge in [0, 0.05) is 24.1 Å². The molecule has 3 heteroatoms. The zero-order valence-electron chi connectivity index (χ0n) is 8.80. The maximum absolute atomic E-state index is 7.23. The molecular formula is C12H15N3. The van der Waals surface area contributed by atoms with Gasteiger partial charge in [0.2, 0.25) is 0 Å². The topological polar surface area (TPSA) is 61.9 Å². The Morgan fingerprint density at radius 1 is 1.40 bits per heavy atom. The lowest BCUT2D eigenvalue weighted by Gasteiger charge is -1.96. The van der Waals surface area contributed by atoms with E-state index in [4.69, 9.17) is 11.1 Å². The molecular weight excluding hydrogens is 186 g/mol. The van der Waals surface area contributed by atoms with E-state index in [2.05, 4.69) is 17.2 Å². The van der Waals surface area contributed by atoms with E-state index in [9.17, 15) is 0 Å². The van der Waals surface area contributed by atoms with Crippen LogP contribution >= 0.6 is 0 Å². The molecule has 0 aliphatic heterocycles. The zero-order chi connectivity index (χ0) is 11.1. The molecule has 0 aliphatic carbocycles. The van der Waals surface area contributed by atoms with Crippen LogP contribution in [0.25, 0.3) is 0 Å². The van der Waals surface area contributed by atoms with Crippen molar-refractivity contribution in [3.05, 3.63) is 35.4 Å². The summed E-state index contributed by atoms with van der Waals surface area (Å²) < 4.78 is 0. The predicted octanol–water partition coefficient (Wildman–Crippen LogP) is 0.932. The van der Waals surface area contributed by atoms with Crippen LogP contribution in [0.5, 0.6) is 0 Å². The number of hydrogen-bond acceptors (Lipinski definition) is 2. The van der Waals surface area contributed by atoms with Crippen molar-refractivity contribution in [1.82, 2.24) is 5.32 Å². The van der Waals surface area contributed by atoms with E-state index in [0.29, 0.717) is 0 Å². The Bertz CT molecular complexity index is 382. The fraction of sp³-hybridized carbons (Fsp3) is 0.250. The van der Waals surface area contributed by atoms with Crippen molar-refractivity contribution in [1.29, 1.82) is 5.41 Å². The van der Waals surface area contributed by atoms with Gasteiger partial charge in [-0.1, -0.05) is 24.0 Å². The average Bonchev–Trinajstić information content (AvgIpc) is 2.25. The second-order valence-corrected chi connectivity index (χ2v) is 3.15. The highest BCUT2D eigenvalue weighted by Crippen LogP contribution is 2.02. The SMILES string of the molecule is CNCCC#Cc1ccc(C(=N)N)cc1. The number of nitrogens with two attached hydrogens (primary N) is 1. The van der Waals surface area contributed by atoms with Gasteiger partial charge in [0.05, 0.1) is 0 Å². The molecule has 78 valence electrons. The Morgan fingerprint density at radius 2 is 2.07 bits per heavy atom. The lowest BCUT2D eigenvalue weighted by molar-refractivity contribution is 0.818. The zero-order valence-corrected chi connectivity index (χ0v) is 8.80. The number of hydrogen-bond donors (Lipinski definition) is 3. The lowest BCUT2D eigenvalue weighted by atomic mass is 10.1. The van der Waals surface area contributed by atoms with E-state index >= 15 is 0 Å². The molecule has 0 fully saturated rings. The third kappa shape index (κ3) is 3.84. The highest BCUT2D eigenvalue weighted by molar-refractivity contribution is 5.94. The summed E-state index contributed by atoms with van der Waals surface area (Å²) in [7, 11) is 1.91. The summed E-state index contributed by atoms with van der Waals surface area (Å²) in [5.74, 6) is 6.19. The smallest absolute Gasteiger partial charge is 0.122 e. The third-order valence-electron chi connectivity index (χ3n) is 1.93. The van der Waals surface area contributed by atoms with Crippen LogP contribution in [-0.2, 0) is 0 Å². The van der Waals surface area contributed by atoms with E-state index in [0.717, 1.165) is 24.1 Å². The molecule has 4 N–H and O–H groups in total. The molecule has 0 aliphatic rings. The van der Waals surface area contributed by atoms with Crippen molar-refractivity contribution >= 4 is 5.84 Å². The molecule has 0 saturated heterocycles. The summed E-state index contributed by atoms with van der Waals surface area (Å²) in [5.41, 5.74) is 7.03. The maximum Gasteiger partial charge on any atom is 0.122 e. The molecule has 0 aromatic heterocycles. The maximum atomic E-state index is 7.23. The molecule has 0 atom stereocenters. The predicted molar refractivity (Wildman–Crippen MR) is 62.9 cm³/mol. The van der Waals surface area contributed by atoms with Crippen LogP contribution in [0.2, 0.25) is 0 Å². The Morgan fingerprint density at radius 3 is 2.60 bits per heavy atom. The number of benzene rings is 1. The van der Waals surface area contributed by atoms with Gasteiger partial charge in [-0.25, -0.2) is 0 Å². The van der Waals surface area contributed by atoms with Crippen molar-refractivity contribution in [3.63, 3.8) is 0 Å². The molecule has 0 bridgehead atoms. The summed E-state index contributed by atoms with van der Waals surface area (Å²) in [4.78, 5) is 0. The summed E-state index contributed by atoms with van der Waals surface area (Å²) in [6.07, 6.45) is 0.838. The van der Waals surface area contributed by atoms with Gasteiger partial charge in [0.25, 0.3) is 0 Å². The van der Waals surface area contributed by atoms with Gasteiger partial charge in [-0.3, -0.25) is 5.41 Å². The molecule has 0 radical (unpaired) electrons. The van der Waals surface area contributed by atoms with Gasteiger partial charge in [0.15, 0.2) is 0 Å². The number of nitrogens with one attached hydrogen (secondary N) is 2. The van der Waals surface area contributed by atoms with Gasteiger partial charge in [-0.15, -0.1) is 0 Å². The largest absolute Gasteiger partial charge is 0.384 e. The fourth-order valence-corrected chi connectivity index (χ4v) is 1.09. The minimum atomic E-state index is 0.0877. The van der Waals surface area contributed by atoms with E-state index in [-0.39, 0.29) is 5.84 Å². The van der Waals surface area contributed by atoms with Gasteiger partial charge in [-0.05, 0) is 19.2 Å². The van der Waals surface area contributed by atoms with Crippen molar-refractivity contribution in [2.45, 2.75) is 6.42 Å². The van der Waals surface area contributed by atoms with E-state index in [1.165, 1.54) is 0 Å². The number of nitrogen functional groups attached to an aromatic ring is 1. The standard InChI is InChI=1S/C12H15N3/c1-15-9-3-2-4-10-5-7-11(8-6-10)12(13)14/h5-8,15H,3,9H2,1H3,(H3,13,14). The highest BCUT2D eigenvalue weighted by atomic mass is 14.8. The third-order valence-corrected chi connectivity index (χ3v) is 1.93. The van der Waals surface area contributed by atoms with Crippen molar-refractivity contribution < 1.29 is 0 Å². The van der Waals surface area contributed by atoms with E-state index in [1.807, 2.05) is 31.3 Å². The van der Waals surface area contributed by atoms with Crippen molar-refractivity contribution in [3.8, 4) is 11.8 Å². The minimum absolute atomic E-state index is 0.0877. The first kappa shape index (κ1) is 11.3. The van der Waals surface area contributed by atoms with Gasteiger partial charge >= 0.3 is 0 Å². The van der Waals surface area contributed by atoms with E-state index < -0.39 is 0 Å². The molecule has 3 nitrogen and oxygen atoms in total. The molecule has 0 heterocycles. The molecule has 1 rings (SSSR count). The second kappa shape index (κ2) is 5.84. The van der Waals surface area contributed by atoms with Gasteiger partial charge in [-0.2, -0.15) is 0 Å². The van der Waals surface area contributed by atoms with Gasteiger partial charge < -0.3 is 11.1 Å². The summed E-state index contributed by atoms with van der Waals surface area (Å²) in [6.45, 7) is 0.901. The highest BCUT2D eigenvalue weighted by Gasteiger charge is 1.93. The lowest BCUT2D eigenvalue weighted by Crippen LogP contribution is -2.10. The first-order chi connectivity index (χ1) is 7.24. The van der Waals surface area contributed by atoms with Crippen LogP contribution < -0.4 is 11.1 Å². The first-order valence-corrected chi connectivity index (χ1v) is 4.82. The monoisotopic (exact) mass is 201 g/mol. The number of amidine groups is 1. The van der Waals surface area contributed by atoms with Crippen LogP contribution in [0.1, 0.15) is 17.5 Å². The fourth-order valence-electron chi connectivity index (χ4n) is 1.09. The second-order valence-electron chi connectivity index (χ2n) is 3.15. The summed E-state index contributed by atoms with van der Waals surface area (Å²) >= 11 is 0. The Kier molecular flexibility index (Phi) is 4.39. The Labute approximate surface area is 90.2 Å². The Hall–Kier alpha value is -1.79. The van der Waals surface area contributed by atoms with Crippen LogP contribution in [-0.4, -0.2) is 19.4 Å². The first-order valence-electron chi connectivity index (χ1n) is 4.82. The van der Waals surface area contributed by atoms with E-state index in [1.54, 1.807) is 0 Å². The minimum Gasteiger partial charge on any atom is -0.384 e. The van der Waals surface area contributed by atoms with Crippen molar-refractivity contribution in [2.24, 2.45) is 5.73 Å². The molecule has 1 aromatic carbocycles. The molecule has 0 unspecified atom stereocenters. The van der Waals surface area contributed by atoms with Crippen LogP contribution in [0.15, 0.2) is 24.3 Å². The van der Waals surface area contributed by atoms with Gasteiger partial charge in [0.1, 0.15) is 5.84 Å². The van der Waals surface area contributed by atoms with Crippen molar-refractivity contribution in [2.75, 3.05) is 13.6 Å². The quantitative estimate of drug-likeness (QED) is 0.295. The molecule has 0 amide bonds. The van der Waals surface area contributed by atoms with Crippen LogP contribution in [0.4, 0.5) is 0 Å². The molecule has 1 aromatic rings. The normalized spacial score (nSPS) is 9.13. The molecule has 15 heavy (non-hydrogen) atoms. The Balaban J connectivity index is 2.63. The molecule has 0 saturated carbocycles. The van der Waals surface area contributed by atoms with Crippen LogP contribution in [0, 0.1) is 17.3 Å². The summed E-state index contributed by atoms with van der Waals surface area (Å²) in [5, 5.41) is 10.3. The number of rotatable bonds is 3. The van der Waals surface area contributed by atoms with Crippen LogP contribution in [0.3, 0.4) is 0 Å². The molecule has 0 spiro atoms.